The van der Waals surface area contributed by atoms with E-state index >= 15 is 0 Å². The number of fused-ring (bicyclic) bond motifs is 1. The molecule has 0 radical (unpaired) electrons. The Labute approximate surface area is 103 Å². The van der Waals surface area contributed by atoms with Gasteiger partial charge in [-0.25, -0.2) is 9.78 Å². The summed E-state index contributed by atoms with van der Waals surface area (Å²) in [4.78, 5) is 26.4. The molecular weight excluding hydrogens is 234 g/mol. The lowest BCUT2D eigenvalue weighted by atomic mass is 10.1. The van der Waals surface area contributed by atoms with Crippen molar-refractivity contribution in [2.24, 2.45) is 0 Å². The van der Waals surface area contributed by atoms with Crippen LogP contribution in [0, 0.1) is 0 Å². The molecule has 0 saturated heterocycles. The van der Waals surface area contributed by atoms with E-state index in [0.29, 0.717) is 11.1 Å². The molecule has 1 aromatic carbocycles. The van der Waals surface area contributed by atoms with Crippen molar-refractivity contribution in [2.75, 3.05) is 14.2 Å². The molecule has 18 heavy (non-hydrogen) atoms. The molecule has 0 fully saturated rings. The average molecular weight is 245 g/mol. The van der Waals surface area contributed by atoms with E-state index in [4.69, 9.17) is 4.74 Å². The van der Waals surface area contributed by atoms with Crippen LogP contribution in [0.2, 0.25) is 0 Å². The first-order valence-electron chi connectivity index (χ1n) is 5.22. The Morgan fingerprint density at radius 3 is 2.67 bits per heavy atom. The summed E-state index contributed by atoms with van der Waals surface area (Å²) in [7, 11) is 2.71. The highest BCUT2D eigenvalue weighted by Crippen LogP contribution is 2.23. The zero-order chi connectivity index (χ0) is 13.1. The fraction of sp³-hybridized carbons (Fsp3) is 0.154. The maximum absolute atomic E-state index is 11.6. The number of aldehydes is 1. The van der Waals surface area contributed by atoms with E-state index in [1.807, 2.05) is 0 Å². The molecule has 5 nitrogen and oxygen atoms in total. The van der Waals surface area contributed by atoms with Crippen molar-refractivity contribution in [3.8, 4) is 5.88 Å². The minimum atomic E-state index is -0.513. The quantitative estimate of drug-likeness (QED) is 0.609. The average Bonchev–Trinajstić information content (AvgIpc) is 2.44. The third kappa shape index (κ3) is 2.02. The van der Waals surface area contributed by atoms with Gasteiger partial charge in [-0.3, -0.25) is 4.79 Å². The maximum Gasteiger partial charge on any atom is 0.343 e. The summed E-state index contributed by atoms with van der Waals surface area (Å²) in [5.41, 5.74) is 1.36. The Kier molecular flexibility index (Phi) is 3.23. The predicted molar refractivity (Wildman–Crippen MR) is 65.0 cm³/mol. The molecule has 0 bridgehead atoms. The monoisotopic (exact) mass is 245 g/mol. The molecule has 0 saturated carbocycles. The summed E-state index contributed by atoms with van der Waals surface area (Å²) in [5.74, 6) is -0.335. The summed E-state index contributed by atoms with van der Waals surface area (Å²) in [5, 5.41) is 0.738. The number of aromatic nitrogens is 1. The highest BCUT2D eigenvalue weighted by Gasteiger charge is 2.15. The van der Waals surface area contributed by atoms with Gasteiger partial charge in [-0.15, -0.1) is 0 Å². The van der Waals surface area contributed by atoms with Gasteiger partial charge in [0.05, 0.1) is 19.7 Å². The van der Waals surface area contributed by atoms with Gasteiger partial charge in [0.15, 0.2) is 0 Å². The van der Waals surface area contributed by atoms with Gasteiger partial charge in [0, 0.05) is 10.9 Å². The number of carbonyl (C=O) groups is 2. The van der Waals surface area contributed by atoms with Gasteiger partial charge in [0.1, 0.15) is 11.8 Å². The molecule has 1 heterocycles. The summed E-state index contributed by atoms with van der Waals surface area (Å²) < 4.78 is 9.71. The normalized spacial score (nSPS) is 10.1. The lowest BCUT2D eigenvalue weighted by Gasteiger charge is -2.07. The van der Waals surface area contributed by atoms with E-state index in [2.05, 4.69) is 9.72 Å². The minimum Gasteiger partial charge on any atom is -0.480 e. The molecule has 0 N–H and O–H groups in total. The van der Waals surface area contributed by atoms with Crippen LogP contribution in [-0.4, -0.2) is 31.5 Å². The molecule has 92 valence electrons. The van der Waals surface area contributed by atoms with Crippen molar-refractivity contribution >= 4 is 23.2 Å². The number of rotatable bonds is 3. The van der Waals surface area contributed by atoms with Crippen LogP contribution in [-0.2, 0) is 4.74 Å². The molecule has 5 heteroatoms. The third-order valence-corrected chi connectivity index (χ3v) is 2.54. The first-order chi connectivity index (χ1) is 8.69. The highest BCUT2D eigenvalue weighted by molar-refractivity contribution is 5.97. The van der Waals surface area contributed by atoms with Crippen molar-refractivity contribution in [2.45, 2.75) is 0 Å². The number of nitrogens with zero attached hydrogens (tertiary/aromatic N) is 1. The fourth-order valence-electron chi connectivity index (χ4n) is 1.65. The van der Waals surface area contributed by atoms with Crippen molar-refractivity contribution in [3.63, 3.8) is 0 Å². The summed E-state index contributed by atoms with van der Waals surface area (Å²) in [6, 6.07) is 6.63. The maximum atomic E-state index is 11.6. The largest absolute Gasteiger partial charge is 0.480 e. The number of esters is 1. The minimum absolute atomic E-state index is 0.178. The van der Waals surface area contributed by atoms with E-state index in [0.717, 1.165) is 11.7 Å². The standard InChI is InChI=1S/C13H11NO4/c1-17-12-10(13(16)18-2)6-9-4-3-8(7-15)5-11(9)14-12/h3-7H,1-2H3. The topological polar surface area (TPSA) is 65.5 Å². The highest BCUT2D eigenvalue weighted by atomic mass is 16.5. The van der Waals surface area contributed by atoms with Gasteiger partial charge in [0.2, 0.25) is 5.88 Å². The molecule has 2 rings (SSSR count). The molecule has 0 unspecified atom stereocenters. The molecule has 0 atom stereocenters. The Balaban J connectivity index is 2.67. The number of benzene rings is 1. The van der Waals surface area contributed by atoms with Crippen molar-refractivity contribution in [3.05, 3.63) is 35.4 Å². The SMILES string of the molecule is COC(=O)c1cc2ccc(C=O)cc2nc1OC. The van der Waals surface area contributed by atoms with Crippen LogP contribution in [0.15, 0.2) is 24.3 Å². The van der Waals surface area contributed by atoms with E-state index < -0.39 is 5.97 Å². The molecule has 0 aliphatic carbocycles. The zero-order valence-corrected chi connectivity index (χ0v) is 9.97. The Morgan fingerprint density at radius 1 is 1.28 bits per heavy atom. The predicted octanol–water partition coefficient (Wildman–Crippen LogP) is 1.84. The molecule has 1 aromatic heterocycles. The molecule has 0 aliphatic heterocycles. The zero-order valence-electron chi connectivity index (χ0n) is 9.97. The Hall–Kier alpha value is -2.43. The van der Waals surface area contributed by atoms with Gasteiger partial charge in [-0.1, -0.05) is 12.1 Å². The second kappa shape index (κ2) is 4.83. The number of hydrogen-bond donors (Lipinski definition) is 0. The van der Waals surface area contributed by atoms with Gasteiger partial charge in [0.25, 0.3) is 0 Å². The first-order valence-corrected chi connectivity index (χ1v) is 5.22. The third-order valence-electron chi connectivity index (χ3n) is 2.54. The van der Waals surface area contributed by atoms with E-state index in [1.165, 1.54) is 14.2 Å². The van der Waals surface area contributed by atoms with Crippen LogP contribution in [0.4, 0.5) is 0 Å². The van der Waals surface area contributed by atoms with Crippen LogP contribution >= 0.6 is 0 Å². The van der Waals surface area contributed by atoms with Crippen LogP contribution in [0.1, 0.15) is 20.7 Å². The van der Waals surface area contributed by atoms with Crippen molar-refractivity contribution < 1.29 is 19.1 Å². The van der Waals surface area contributed by atoms with Gasteiger partial charge in [-0.05, 0) is 12.1 Å². The first kappa shape index (κ1) is 12.0. The molecule has 0 spiro atoms. The van der Waals surface area contributed by atoms with Crippen LogP contribution in [0.25, 0.3) is 10.9 Å². The fourth-order valence-corrected chi connectivity index (χ4v) is 1.65. The summed E-state index contributed by atoms with van der Waals surface area (Å²) in [6.07, 6.45) is 0.738. The second-order valence-electron chi connectivity index (χ2n) is 3.61. The second-order valence-corrected chi connectivity index (χ2v) is 3.61. The van der Waals surface area contributed by atoms with Crippen LogP contribution in [0.3, 0.4) is 0 Å². The van der Waals surface area contributed by atoms with Gasteiger partial charge in [-0.2, -0.15) is 0 Å². The Morgan fingerprint density at radius 2 is 2.06 bits per heavy atom. The number of ether oxygens (including phenoxy) is 2. The number of methoxy groups -OCH3 is 2. The Bertz CT molecular complexity index is 622. The number of pyridine rings is 1. The van der Waals surface area contributed by atoms with Crippen LogP contribution in [0.5, 0.6) is 5.88 Å². The van der Waals surface area contributed by atoms with Crippen molar-refractivity contribution in [1.82, 2.24) is 4.98 Å². The van der Waals surface area contributed by atoms with E-state index in [-0.39, 0.29) is 11.4 Å². The number of hydrogen-bond acceptors (Lipinski definition) is 5. The lowest BCUT2D eigenvalue weighted by Crippen LogP contribution is -2.05. The van der Waals surface area contributed by atoms with Gasteiger partial charge < -0.3 is 9.47 Å². The molecule has 0 amide bonds. The molecule has 0 aliphatic rings. The van der Waals surface area contributed by atoms with Crippen LogP contribution < -0.4 is 4.74 Å². The number of carbonyl (C=O) groups excluding carboxylic acids is 2. The molecular formula is C13H11NO4. The lowest BCUT2D eigenvalue weighted by molar-refractivity contribution is 0.0596. The van der Waals surface area contributed by atoms with E-state index in [1.54, 1.807) is 24.3 Å². The smallest absolute Gasteiger partial charge is 0.343 e. The van der Waals surface area contributed by atoms with E-state index in [9.17, 15) is 9.59 Å². The van der Waals surface area contributed by atoms with Crippen molar-refractivity contribution in [1.29, 1.82) is 0 Å². The van der Waals surface area contributed by atoms with Gasteiger partial charge >= 0.3 is 5.97 Å². The summed E-state index contributed by atoms with van der Waals surface area (Å²) in [6.45, 7) is 0. The molecule has 2 aromatic rings. The summed E-state index contributed by atoms with van der Waals surface area (Å²) >= 11 is 0.